The van der Waals surface area contributed by atoms with Crippen molar-refractivity contribution in [2.45, 2.75) is 31.4 Å². The van der Waals surface area contributed by atoms with Gasteiger partial charge in [0.15, 0.2) is 0 Å². The Labute approximate surface area is 147 Å². The fraction of sp³-hybridized carbons (Fsp3) is 0.421. The van der Waals surface area contributed by atoms with Gasteiger partial charge in [-0.25, -0.2) is 0 Å². The van der Waals surface area contributed by atoms with E-state index in [4.69, 9.17) is 9.47 Å². The molecule has 6 heteroatoms. The molecule has 1 amide bonds. The SMILES string of the molecule is CO[C@@H]1C[C@@H](COc2cccnc2)N(C(=O)CCc2ccccn2)C1. The minimum Gasteiger partial charge on any atom is -0.490 e. The summed E-state index contributed by atoms with van der Waals surface area (Å²) in [6.07, 6.45) is 7.06. The lowest BCUT2D eigenvalue weighted by Crippen LogP contribution is -2.39. The summed E-state index contributed by atoms with van der Waals surface area (Å²) in [5, 5.41) is 0. The van der Waals surface area contributed by atoms with Crippen LogP contribution in [0.1, 0.15) is 18.5 Å². The first kappa shape index (κ1) is 17.4. The zero-order chi connectivity index (χ0) is 17.5. The third kappa shape index (κ3) is 4.76. The summed E-state index contributed by atoms with van der Waals surface area (Å²) in [4.78, 5) is 22.9. The van der Waals surface area contributed by atoms with Crippen LogP contribution in [0.2, 0.25) is 0 Å². The molecule has 3 heterocycles. The summed E-state index contributed by atoms with van der Waals surface area (Å²) < 4.78 is 11.3. The van der Waals surface area contributed by atoms with Crippen molar-refractivity contribution in [3.63, 3.8) is 0 Å². The standard InChI is InChI=1S/C19H23N3O3/c1-24-18-11-16(14-25-17-6-4-9-20-12-17)22(13-18)19(23)8-7-15-5-2-3-10-21-15/h2-6,9-10,12,16,18H,7-8,11,13-14H2,1H3/t16-,18+/m0/s1. The predicted molar refractivity (Wildman–Crippen MR) is 93.2 cm³/mol. The number of ether oxygens (including phenoxy) is 2. The zero-order valence-electron chi connectivity index (χ0n) is 14.4. The molecule has 0 saturated carbocycles. The summed E-state index contributed by atoms with van der Waals surface area (Å²) in [5.41, 5.74) is 0.932. The van der Waals surface area contributed by atoms with Gasteiger partial charge in [-0.3, -0.25) is 14.8 Å². The average molecular weight is 341 g/mol. The van der Waals surface area contributed by atoms with Crippen molar-refractivity contribution in [3.05, 3.63) is 54.6 Å². The third-order valence-electron chi connectivity index (χ3n) is 4.43. The van der Waals surface area contributed by atoms with Crippen LogP contribution in [0.5, 0.6) is 5.75 Å². The van der Waals surface area contributed by atoms with Gasteiger partial charge in [-0.15, -0.1) is 0 Å². The summed E-state index contributed by atoms with van der Waals surface area (Å²) in [5.74, 6) is 0.828. The summed E-state index contributed by atoms with van der Waals surface area (Å²) >= 11 is 0. The van der Waals surface area contributed by atoms with Crippen LogP contribution in [0.15, 0.2) is 48.9 Å². The number of nitrogens with zero attached hydrogens (tertiary/aromatic N) is 3. The van der Waals surface area contributed by atoms with Gasteiger partial charge in [0, 0.05) is 38.2 Å². The van der Waals surface area contributed by atoms with Gasteiger partial charge in [-0.2, -0.15) is 0 Å². The van der Waals surface area contributed by atoms with Gasteiger partial charge in [0.2, 0.25) is 5.91 Å². The first-order valence-corrected chi connectivity index (χ1v) is 8.51. The topological polar surface area (TPSA) is 64.6 Å². The Balaban J connectivity index is 1.57. The average Bonchev–Trinajstić information content (AvgIpc) is 3.09. The van der Waals surface area contributed by atoms with E-state index in [2.05, 4.69) is 9.97 Å². The van der Waals surface area contributed by atoms with Gasteiger partial charge in [0.25, 0.3) is 0 Å². The molecule has 132 valence electrons. The number of hydrogen-bond acceptors (Lipinski definition) is 5. The first-order chi connectivity index (χ1) is 12.3. The van der Waals surface area contributed by atoms with Gasteiger partial charge in [-0.05, 0) is 37.1 Å². The minimum atomic E-state index is 0.0152. The van der Waals surface area contributed by atoms with Gasteiger partial charge in [0.1, 0.15) is 12.4 Å². The van der Waals surface area contributed by atoms with Crippen molar-refractivity contribution in [3.8, 4) is 5.75 Å². The number of likely N-dealkylation sites (tertiary alicyclic amines) is 1. The molecule has 2 atom stereocenters. The van der Waals surface area contributed by atoms with Crippen LogP contribution < -0.4 is 4.74 Å². The van der Waals surface area contributed by atoms with Gasteiger partial charge in [0.05, 0.1) is 18.3 Å². The molecule has 0 N–H and O–H groups in total. The first-order valence-electron chi connectivity index (χ1n) is 8.51. The molecule has 0 unspecified atom stereocenters. The van der Waals surface area contributed by atoms with Crippen LogP contribution in [0.4, 0.5) is 0 Å². The van der Waals surface area contributed by atoms with Crippen molar-refractivity contribution in [2.75, 3.05) is 20.3 Å². The molecule has 0 spiro atoms. The smallest absolute Gasteiger partial charge is 0.223 e. The Morgan fingerprint density at radius 3 is 2.92 bits per heavy atom. The van der Waals surface area contributed by atoms with E-state index in [-0.39, 0.29) is 18.1 Å². The Morgan fingerprint density at radius 2 is 2.20 bits per heavy atom. The number of aromatic nitrogens is 2. The highest BCUT2D eigenvalue weighted by atomic mass is 16.5. The fourth-order valence-electron chi connectivity index (χ4n) is 3.06. The van der Waals surface area contributed by atoms with E-state index in [0.717, 1.165) is 12.1 Å². The zero-order valence-corrected chi connectivity index (χ0v) is 14.4. The van der Waals surface area contributed by atoms with E-state index < -0.39 is 0 Å². The van der Waals surface area contributed by atoms with Gasteiger partial charge in [-0.1, -0.05) is 6.07 Å². The summed E-state index contributed by atoms with van der Waals surface area (Å²) in [6.45, 7) is 1.06. The molecule has 6 nitrogen and oxygen atoms in total. The van der Waals surface area contributed by atoms with Crippen LogP contribution in [0.25, 0.3) is 0 Å². The quantitative estimate of drug-likeness (QED) is 0.772. The van der Waals surface area contributed by atoms with Crippen molar-refractivity contribution in [1.82, 2.24) is 14.9 Å². The maximum absolute atomic E-state index is 12.7. The fourth-order valence-corrected chi connectivity index (χ4v) is 3.06. The second-order valence-electron chi connectivity index (χ2n) is 6.11. The van der Waals surface area contributed by atoms with Gasteiger partial charge < -0.3 is 14.4 Å². The number of methoxy groups -OCH3 is 1. The molecule has 0 aliphatic carbocycles. The highest BCUT2D eigenvalue weighted by Gasteiger charge is 2.35. The Kier molecular flexibility index (Phi) is 5.95. The van der Waals surface area contributed by atoms with E-state index in [9.17, 15) is 4.79 Å². The van der Waals surface area contributed by atoms with Gasteiger partial charge >= 0.3 is 0 Å². The molecule has 1 saturated heterocycles. The molecule has 3 rings (SSSR count). The van der Waals surface area contributed by atoms with Crippen LogP contribution >= 0.6 is 0 Å². The van der Waals surface area contributed by atoms with Crippen molar-refractivity contribution in [1.29, 1.82) is 0 Å². The molecule has 2 aromatic rings. The second kappa shape index (κ2) is 8.58. The molecule has 0 radical (unpaired) electrons. The minimum absolute atomic E-state index is 0.0152. The van der Waals surface area contributed by atoms with Crippen LogP contribution in [0, 0.1) is 0 Å². The molecule has 0 bridgehead atoms. The predicted octanol–water partition coefficient (Wildman–Crippen LogP) is 2.10. The van der Waals surface area contributed by atoms with E-state index in [0.29, 0.717) is 31.7 Å². The maximum Gasteiger partial charge on any atom is 0.223 e. The maximum atomic E-state index is 12.7. The van der Waals surface area contributed by atoms with Crippen molar-refractivity contribution < 1.29 is 14.3 Å². The second-order valence-corrected chi connectivity index (χ2v) is 6.11. The largest absolute Gasteiger partial charge is 0.490 e. The van der Waals surface area contributed by atoms with E-state index in [1.54, 1.807) is 25.7 Å². The highest BCUT2D eigenvalue weighted by Crippen LogP contribution is 2.22. The Hall–Kier alpha value is -2.47. The summed E-state index contributed by atoms with van der Waals surface area (Å²) in [6, 6.07) is 9.47. The van der Waals surface area contributed by atoms with Crippen LogP contribution in [-0.4, -0.2) is 53.2 Å². The lowest BCUT2D eigenvalue weighted by Gasteiger charge is -2.24. The Bertz CT molecular complexity index is 666. The van der Waals surface area contributed by atoms with Crippen LogP contribution in [-0.2, 0) is 16.0 Å². The number of carbonyl (C=O) groups is 1. The molecule has 1 fully saturated rings. The monoisotopic (exact) mass is 341 g/mol. The molecule has 1 aliphatic heterocycles. The number of rotatable bonds is 7. The molecule has 25 heavy (non-hydrogen) atoms. The van der Waals surface area contributed by atoms with E-state index in [1.165, 1.54) is 0 Å². The third-order valence-corrected chi connectivity index (χ3v) is 4.43. The molecule has 1 aliphatic rings. The lowest BCUT2D eigenvalue weighted by molar-refractivity contribution is -0.132. The molecule has 2 aromatic heterocycles. The number of pyridine rings is 2. The molecular weight excluding hydrogens is 318 g/mol. The van der Waals surface area contributed by atoms with Crippen molar-refractivity contribution >= 4 is 5.91 Å². The van der Waals surface area contributed by atoms with Crippen molar-refractivity contribution in [2.24, 2.45) is 0 Å². The number of hydrogen-bond donors (Lipinski definition) is 0. The summed E-state index contributed by atoms with van der Waals surface area (Å²) in [7, 11) is 1.69. The Morgan fingerprint density at radius 1 is 1.28 bits per heavy atom. The molecule has 0 aromatic carbocycles. The highest BCUT2D eigenvalue weighted by molar-refractivity contribution is 5.77. The lowest BCUT2D eigenvalue weighted by atomic mass is 10.2. The van der Waals surface area contributed by atoms with E-state index >= 15 is 0 Å². The number of aryl methyl sites for hydroxylation is 1. The number of amides is 1. The number of carbonyl (C=O) groups excluding carboxylic acids is 1. The van der Waals surface area contributed by atoms with E-state index in [1.807, 2.05) is 35.2 Å². The van der Waals surface area contributed by atoms with Crippen LogP contribution in [0.3, 0.4) is 0 Å². The molecular formula is C19H23N3O3. The normalized spacial score (nSPS) is 19.8.